The van der Waals surface area contributed by atoms with Crippen LogP contribution >= 0.6 is 0 Å². The Bertz CT molecular complexity index is 781. The van der Waals surface area contributed by atoms with Crippen LogP contribution in [0.1, 0.15) is 18.4 Å². The molecule has 0 aromatic carbocycles. The third kappa shape index (κ3) is 4.36. The molecule has 3 aliphatic heterocycles. The van der Waals surface area contributed by atoms with E-state index in [0.29, 0.717) is 39.1 Å². The molecule has 0 unspecified atom stereocenters. The number of amides is 1. The highest BCUT2D eigenvalue weighted by Crippen LogP contribution is 2.35. The summed E-state index contributed by atoms with van der Waals surface area (Å²) in [6, 6.07) is 1.87. The molecule has 3 aliphatic rings. The van der Waals surface area contributed by atoms with Crippen molar-refractivity contribution in [2.45, 2.75) is 37.0 Å². The van der Waals surface area contributed by atoms with Crippen LogP contribution in [0.2, 0.25) is 0 Å². The molecule has 166 valence electrons. The van der Waals surface area contributed by atoms with E-state index < -0.39 is 30.2 Å². The Kier molecular flexibility index (Phi) is 5.60. The first-order valence-corrected chi connectivity index (χ1v) is 10.1. The topological polar surface area (TPSA) is 51.7 Å². The fourth-order valence-electron chi connectivity index (χ4n) is 4.50. The Labute approximate surface area is 171 Å². The first-order valence-electron chi connectivity index (χ1n) is 10.1. The highest BCUT2D eigenvalue weighted by atomic mass is 19.4. The van der Waals surface area contributed by atoms with E-state index in [1.54, 1.807) is 4.90 Å². The molecule has 1 N–H and O–H groups in total. The van der Waals surface area contributed by atoms with Crippen LogP contribution in [0.25, 0.3) is 0 Å². The van der Waals surface area contributed by atoms with Crippen LogP contribution in [-0.4, -0.2) is 84.5 Å². The summed E-state index contributed by atoms with van der Waals surface area (Å²) in [5, 5.41) is 3.13. The van der Waals surface area contributed by atoms with Crippen molar-refractivity contribution >= 4 is 11.7 Å². The van der Waals surface area contributed by atoms with Crippen molar-refractivity contribution in [2.24, 2.45) is 0 Å². The number of alkyl halides is 5. The molecule has 0 radical (unpaired) electrons. The zero-order valence-corrected chi connectivity index (χ0v) is 16.3. The largest absolute Gasteiger partial charge is 0.419 e. The van der Waals surface area contributed by atoms with Crippen molar-refractivity contribution in [1.29, 1.82) is 0 Å². The predicted octanol–water partition coefficient (Wildman–Crippen LogP) is 1.82. The minimum Gasteiger partial charge on any atom is -0.354 e. The van der Waals surface area contributed by atoms with E-state index in [9.17, 15) is 26.7 Å². The summed E-state index contributed by atoms with van der Waals surface area (Å²) in [6.45, 7) is 1.98. The SMILES string of the molecule is O=C([C@@H]1C[C@H](N2CCN(c3ncccc3C(F)(F)F)CC2)CN1)N1CCC(F)(F)C1. The van der Waals surface area contributed by atoms with E-state index in [-0.39, 0.29) is 30.7 Å². The van der Waals surface area contributed by atoms with Gasteiger partial charge in [0.05, 0.1) is 18.2 Å². The molecule has 0 spiro atoms. The average molecular weight is 433 g/mol. The molecule has 11 heteroatoms. The quantitative estimate of drug-likeness (QED) is 0.738. The lowest BCUT2D eigenvalue weighted by Crippen LogP contribution is -2.51. The Hall–Kier alpha value is -2.01. The van der Waals surface area contributed by atoms with E-state index in [1.165, 1.54) is 17.2 Å². The number of hydrogen-bond donors (Lipinski definition) is 1. The highest BCUT2D eigenvalue weighted by Gasteiger charge is 2.44. The van der Waals surface area contributed by atoms with Crippen LogP contribution in [0.15, 0.2) is 18.3 Å². The van der Waals surface area contributed by atoms with Crippen LogP contribution in [0.4, 0.5) is 27.8 Å². The van der Waals surface area contributed by atoms with Gasteiger partial charge in [0.25, 0.3) is 5.92 Å². The number of piperazine rings is 1. The van der Waals surface area contributed by atoms with Gasteiger partial charge in [0.2, 0.25) is 5.91 Å². The fourth-order valence-corrected chi connectivity index (χ4v) is 4.50. The number of halogens is 5. The van der Waals surface area contributed by atoms with E-state index in [2.05, 4.69) is 15.2 Å². The lowest BCUT2D eigenvalue weighted by Gasteiger charge is -2.39. The number of nitrogens with zero attached hydrogens (tertiary/aromatic N) is 4. The normalized spacial score (nSPS) is 27.6. The zero-order chi connectivity index (χ0) is 21.5. The number of hydrogen-bond acceptors (Lipinski definition) is 5. The second-order valence-electron chi connectivity index (χ2n) is 8.11. The number of anilines is 1. The first-order chi connectivity index (χ1) is 14.1. The molecule has 0 aliphatic carbocycles. The summed E-state index contributed by atoms with van der Waals surface area (Å²) in [6.07, 6.45) is -2.89. The van der Waals surface area contributed by atoms with Gasteiger partial charge in [0, 0.05) is 57.9 Å². The van der Waals surface area contributed by atoms with Crippen LogP contribution in [0.5, 0.6) is 0 Å². The smallest absolute Gasteiger partial charge is 0.354 e. The van der Waals surface area contributed by atoms with Gasteiger partial charge >= 0.3 is 6.18 Å². The van der Waals surface area contributed by atoms with Gasteiger partial charge in [-0.3, -0.25) is 9.69 Å². The summed E-state index contributed by atoms with van der Waals surface area (Å²) in [7, 11) is 0. The lowest BCUT2D eigenvalue weighted by molar-refractivity contribution is -0.137. The van der Waals surface area contributed by atoms with Crippen molar-refractivity contribution in [3.8, 4) is 0 Å². The van der Waals surface area contributed by atoms with Crippen LogP contribution in [-0.2, 0) is 11.0 Å². The van der Waals surface area contributed by atoms with E-state index in [1.807, 2.05) is 0 Å². The molecule has 4 heterocycles. The highest BCUT2D eigenvalue weighted by molar-refractivity contribution is 5.82. The van der Waals surface area contributed by atoms with E-state index in [4.69, 9.17) is 0 Å². The van der Waals surface area contributed by atoms with Crippen LogP contribution in [0, 0.1) is 0 Å². The van der Waals surface area contributed by atoms with Gasteiger partial charge < -0.3 is 15.1 Å². The first kappa shape index (κ1) is 21.2. The molecule has 1 aromatic rings. The molecule has 30 heavy (non-hydrogen) atoms. The van der Waals surface area contributed by atoms with Gasteiger partial charge in [0.1, 0.15) is 5.82 Å². The number of pyridine rings is 1. The van der Waals surface area contributed by atoms with Crippen LogP contribution < -0.4 is 10.2 Å². The van der Waals surface area contributed by atoms with Gasteiger partial charge in [-0.1, -0.05) is 0 Å². The average Bonchev–Trinajstić information content (AvgIpc) is 3.34. The van der Waals surface area contributed by atoms with Gasteiger partial charge in [-0.2, -0.15) is 13.2 Å². The molecule has 3 fully saturated rings. The molecular formula is C19H24F5N5O. The van der Waals surface area contributed by atoms with Crippen molar-refractivity contribution < 1.29 is 26.7 Å². The van der Waals surface area contributed by atoms with Crippen molar-refractivity contribution in [3.63, 3.8) is 0 Å². The predicted molar refractivity (Wildman–Crippen MR) is 99.4 cm³/mol. The number of carbonyl (C=O) groups excluding carboxylic acids is 1. The van der Waals surface area contributed by atoms with Crippen LogP contribution in [0.3, 0.4) is 0 Å². The summed E-state index contributed by atoms with van der Waals surface area (Å²) in [5.74, 6) is -3.17. The Morgan fingerprint density at radius 3 is 2.53 bits per heavy atom. The Morgan fingerprint density at radius 1 is 1.17 bits per heavy atom. The summed E-state index contributed by atoms with van der Waals surface area (Å²) in [4.78, 5) is 21.5. The molecule has 0 bridgehead atoms. The van der Waals surface area contributed by atoms with Gasteiger partial charge in [-0.05, 0) is 18.6 Å². The minimum atomic E-state index is -4.46. The zero-order valence-electron chi connectivity index (χ0n) is 16.3. The number of rotatable bonds is 3. The minimum absolute atomic E-state index is 0.0510. The Morgan fingerprint density at radius 2 is 1.90 bits per heavy atom. The molecule has 1 aromatic heterocycles. The molecular weight excluding hydrogens is 409 g/mol. The molecule has 3 saturated heterocycles. The molecule has 0 saturated carbocycles. The number of carbonyl (C=O) groups is 1. The summed E-state index contributed by atoms with van der Waals surface area (Å²) in [5.41, 5.74) is -0.742. The maximum Gasteiger partial charge on any atom is 0.419 e. The van der Waals surface area contributed by atoms with Gasteiger partial charge in [-0.15, -0.1) is 0 Å². The molecule has 4 rings (SSSR count). The van der Waals surface area contributed by atoms with Gasteiger partial charge in [-0.25, -0.2) is 13.8 Å². The standard InChI is InChI=1S/C19H24F5N5O/c20-18(21)3-5-29(12-18)17(30)15-10-13(11-26-15)27-6-8-28(9-7-27)16-14(19(22,23)24)2-1-4-25-16/h1-2,4,13,15,26H,3,5-12H2/t13-,15-/m0/s1. The molecule has 1 amide bonds. The van der Waals surface area contributed by atoms with E-state index >= 15 is 0 Å². The van der Waals surface area contributed by atoms with Crippen molar-refractivity contribution in [1.82, 2.24) is 20.1 Å². The maximum atomic E-state index is 13.4. The molecule has 6 nitrogen and oxygen atoms in total. The van der Waals surface area contributed by atoms with Crippen molar-refractivity contribution in [3.05, 3.63) is 23.9 Å². The van der Waals surface area contributed by atoms with Gasteiger partial charge in [0.15, 0.2) is 0 Å². The van der Waals surface area contributed by atoms with Crippen molar-refractivity contribution in [2.75, 3.05) is 50.7 Å². The fraction of sp³-hybridized carbons (Fsp3) is 0.684. The third-order valence-electron chi connectivity index (χ3n) is 6.11. The summed E-state index contributed by atoms with van der Waals surface area (Å²) >= 11 is 0. The Balaban J connectivity index is 1.32. The number of aromatic nitrogens is 1. The monoisotopic (exact) mass is 433 g/mol. The lowest BCUT2D eigenvalue weighted by atomic mass is 10.1. The number of likely N-dealkylation sites (tertiary alicyclic amines) is 1. The summed E-state index contributed by atoms with van der Waals surface area (Å²) < 4.78 is 66.5. The third-order valence-corrected chi connectivity index (χ3v) is 6.11. The maximum absolute atomic E-state index is 13.4. The van der Waals surface area contributed by atoms with E-state index in [0.717, 1.165) is 6.07 Å². The second kappa shape index (κ2) is 7.92. The second-order valence-corrected chi connectivity index (χ2v) is 8.11. The molecule has 2 atom stereocenters. The number of nitrogens with one attached hydrogen (secondary N) is 1.